The number of aromatic carboxylic acids is 1. The molecule has 0 aliphatic rings. The molecule has 0 bridgehead atoms. The number of aromatic nitrogens is 2. The average Bonchev–Trinajstić information content (AvgIpc) is 2.69. The third-order valence-electron chi connectivity index (χ3n) is 4.11. The van der Waals surface area contributed by atoms with E-state index in [0.29, 0.717) is 29.6 Å². The van der Waals surface area contributed by atoms with E-state index in [9.17, 15) is 9.90 Å². The zero-order valence-corrected chi connectivity index (χ0v) is 15.2. The first-order valence-electron chi connectivity index (χ1n) is 8.73. The normalized spacial score (nSPS) is 11.6. The van der Waals surface area contributed by atoms with E-state index in [1.54, 1.807) is 30.5 Å². The number of carboxylic acid groups (broad SMARTS) is 1. The molecule has 6 heteroatoms. The summed E-state index contributed by atoms with van der Waals surface area (Å²) >= 11 is 0. The largest absolute Gasteiger partial charge is 0.493 e. The van der Waals surface area contributed by atoms with Crippen LogP contribution in [-0.2, 0) is 0 Å². The molecule has 0 saturated heterocycles. The van der Waals surface area contributed by atoms with Gasteiger partial charge in [0, 0.05) is 11.8 Å². The molecule has 6 nitrogen and oxygen atoms in total. The fourth-order valence-corrected chi connectivity index (χ4v) is 2.75. The minimum absolute atomic E-state index is 0.0383. The smallest absolute Gasteiger partial charge is 0.339 e. The Morgan fingerprint density at radius 3 is 2.67 bits per heavy atom. The second-order valence-electron chi connectivity index (χ2n) is 5.99. The van der Waals surface area contributed by atoms with Crippen LogP contribution in [0.4, 0.5) is 5.95 Å². The summed E-state index contributed by atoms with van der Waals surface area (Å²) in [6.45, 7) is 4.25. The molecule has 27 heavy (non-hydrogen) atoms. The van der Waals surface area contributed by atoms with Crippen LogP contribution in [0.2, 0.25) is 0 Å². The fraction of sp³-hybridized carbons (Fsp3) is 0.190. The molecule has 3 rings (SSSR count). The van der Waals surface area contributed by atoms with Crippen LogP contribution in [-0.4, -0.2) is 27.7 Å². The maximum atomic E-state index is 11.5. The summed E-state index contributed by atoms with van der Waals surface area (Å²) in [5, 5.41) is 12.7. The Hall–Kier alpha value is -3.41. The van der Waals surface area contributed by atoms with Crippen LogP contribution in [0.1, 0.15) is 35.8 Å². The molecule has 0 aliphatic carbocycles. The lowest BCUT2D eigenvalue weighted by molar-refractivity contribution is 0.0692. The number of benzene rings is 2. The molecule has 0 unspecified atom stereocenters. The van der Waals surface area contributed by atoms with E-state index in [1.165, 1.54) is 0 Å². The number of rotatable bonds is 7. The lowest BCUT2D eigenvalue weighted by atomic mass is 10.1. The van der Waals surface area contributed by atoms with E-state index < -0.39 is 5.97 Å². The average molecular weight is 363 g/mol. The van der Waals surface area contributed by atoms with Gasteiger partial charge in [-0.05, 0) is 43.7 Å². The molecule has 2 aromatic carbocycles. The summed E-state index contributed by atoms with van der Waals surface area (Å²) in [6.07, 6.45) is 1.65. The van der Waals surface area contributed by atoms with E-state index in [-0.39, 0.29) is 11.6 Å². The van der Waals surface area contributed by atoms with Gasteiger partial charge in [0.05, 0.1) is 18.3 Å². The Bertz CT molecular complexity index is 929. The molecule has 138 valence electrons. The third-order valence-corrected chi connectivity index (χ3v) is 4.11. The molecule has 1 heterocycles. The van der Waals surface area contributed by atoms with E-state index in [1.807, 2.05) is 44.2 Å². The number of hydrogen-bond donors (Lipinski definition) is 2. The van der Waals surface area contributed by atoms with Gasteiger partial charge in [-0.25, -0.2) is 14.8 Å². The van der Waals surface area contributed by atoms with Crippen molar-refractivity contribution in [3.8, 4) is 17.0 Å². The van der Waals surface area contributed by atoms with Crippen LogP contribution in [0.5, 0.6) is 5.75 Å². The van der Waals surface area contributed by atoms with Crippen molar-refractivity contribution in [1.29, 1.82) is 0 Å². The monoisotopic (exact) mass is 363 g/mol. The predicted molar refractivity (Wildman–Crippen MR) is 104 cm³/mol. The zero-order valence-electron chi connectivity index (χ0n) is 15.2. The van der Waals surface area contributed by atoms with Crippen LogP contribution in [0.3, 0.4) is 0 Å². The van der Waals surface area contributed by atoms with Gasteiger partial charge in [-0.2, -0.15) is 0 Å². The number of carbonyl (C=O) groups is 1. The molecule has 1 atom stereocenters. The van der Waals surface area contributed by atoms with Crippen molar-refractivity contribution in [2.45, 2.75) is 19.9 Å². The van der Waals surface area contributed by atoms with Gasteiger partial charge in [0.25, 0.3) is 0 Å². The second-order valence-corrected chi connectivity index (χ2v) is 5.99. The van der Waals surface area contributed by atoms with Gasteiger partial charge in [-0.15, -0.1) is 0 Å². The minimum atomic E-state index is -1.04. The van der Waals surface area contributed by atoms with Gasteiger partial charge in [-0.1, -0.05) is 30.3 Å². The van der Waals surface area contributed by atoms with Gasteiger partial charge in [0.1, 0.15) is 11.3 Å². The van der Waals surface area contributed by atoms with Crippen molar-refractivity contribution in [1.82, 2.24) is 9.97 Å². The first-order chi connectivity index (χ1) is 13.1. The molecular weight excluding hydrogens is 342 g/mol. The van der Waals surface area contributed by atoms with Crippen LogP contribution in [0, 0.1) is 0 Å². The van der Waals surface area contributed by atoms with Crippen molar-refractivity contribution < 1.29 is 14.6 Å². The van der Waals surface area contributed by atoms with Crippen LogP contribution in [0.25, 0.3) is 11.3 Å². The highest BCUT2D eigenvalue weighted by Crippen LogP contribution is 2.27. The zero-order chi connectivity index (χ0) is 19.2. The van der Waals surface area contributed by atoms with Gasteiger partial charge in [0.2, 0.25) is 5.95 Å². The van der Waals surface area contributed by atoms with Gasteiger partial charge >= 0.3 is 5.97 Å². The number of nitrogens with zero attached hydrogens (tertiary/aromatic N) is 2. The SMILES string of the molecule is CCOc1ccc(-c2ccnc(N[C@H](C)c3ccccc3)n2)cc1C(=O)O. The lowest BCUT2D eigenvalue weighted by Crippen LogP contribution is -2.09. The van der Waals surface area contributed by atoms with E-state index in [4.69, 9.17) is 4.74 Å². The maximum absolute atomic E-state index is 11.5. The predicted octanol–water partition coefficient (Wildman–Crippen LogP) is 4.41. The highest BCUT2D eigenvalue weighted by atomic mass is 16.5. The standard InChI is InChI=1S/C21H21N3O3/c1-3-27-19-10-9-16(13-17(19)20(25)26)18-11-12-22-21(24-18)23-14(2)15-7-5-4-6-8-15/h4-14H,3H2,1-2H3,(H,25,26)(H,22,23,24)/t14-/m1/s1. The first-order valence-corrected chi connectivity index (χ1v) is 8.73. The van der Waals surface area contributed by atoms with E-state index in [0.717, 1.165) is 5.56 Å². The minimum Gasteiger partial charge on any atom is -0.493 e. The highest BCUT2D eigenvalue weighted by Gasteiger charge is 2.14. The van der Waals surface area contributed by atoms with Crippen molar-refractivity contribution >= 4 is 11.9 Å². The van der Waals surface area contributed by atoms with Crippen LogP contribution < -0.4 is 10.1 Å². The molecule has 1 aromatic heterocycles. The summed E-state index contributed by atoms with van der Waals surface area (Å²) in [5.41, 5.74) is 2.56. The molecule has 3 aromatic rings. The Labute approximate surface area is 157 Å². The Morgan fingerprint density at radius 1 is 1.19 bits per heavy atom. The maximum Gasteiger partial charge on any atom is 0.339 e. The van der Waals surface area contributed by atoms with Crippen molar-refractivity contribution in [3.05, 3.63) is 71.9 Å². The van der Waals surface area contributed by atoms with E-state index >= 15 is 0 Å². The molecule has 0 radical (unpaired) electrons. The number of carboxylic acids is 1. The fourth-order valence-electron chi connectivity index (χ4n) is 2.75. The van der Waals surface area contributed by atoms with Gasteiger partial charge in [-0.3, -0.25) is 0 Å². The topological polar surface area (TPSA) is 84.3 Å². The highest BCUT2D eigenvalue weighted by molar-refractivity contribution is 5.92. The van der Waals surface area contributed by atoms with Crippen LogP contribution >= 0.6 is 0 Å². The number of ether oxygens (including phenoxy) is 1. The summed E-state index contributed by atoms with van der Waals surface area (Å²) in [4.78, 5) is 20.3. The van der Waals surface area contributed by atoms with Gasteiger partial charge in [0.15, 0.2) is 0 Å². The number of anilines is 1. The van der Waals surface area contributed by atoms with Crippen LogP contribution in [0.15, 0.2) is 60.8 Å². The molecule has 0 spiro atoms. The summed E-state index contributed by atoms with van der Waals surface area (Å²) in [5.74, 6) is -0.209. The molecule has 0 amide bonds. The first kappa shape index (κ1) is 18.4. The van der Waals surface area contributed by atoms with Gasteiger partial charge < -0.3 is 15.2 Å². The Balaban J connectivity index is 1.87. The summed E-state index contributed by atoms with van der Waals surface area (Å²) in [6, 6.07) is 16.8. The van der Waals surface area contributed by atoms with Crippen molar-refractivity contribution in [3.63, 3.8) is 0 Å². The van der Waals surface area contributed by atoms with Crippen molar-refractivity contribution in [2.75, 3.05) is 11.9 Å². The number of hydrogen-bond acceptors (Lipinski definition) is 5. The number of nitrogens with one attached hydrogen (secondary N) is 1. The Morgan fingerprint density at radius 2 is 1.96 bits per heavy atom. The quantitative estimate of drug-likeness (QED) is 0.647. The summed E-state index contributed by atoms with van der Waals surface area (Å²) < 4.78 is 5.39. The second kappa shape index (κ2) is 8.31. The molecule has 0 fully saturated rings. The molecule has 2 N–H and O–H groups in total. The van der Waals surface area contributed by atoms with E-state index in [2.05, 4.69) is 15.3 Å². The molecule has 0 saturated carbocycles. The Kier molecular flexibility index (Phi) is 5.66. The molecule has 0 aliphatic heterocycles. The third kappa shape index (κ3) is 4.41. The lowest BCUT2D eigenvalue weighted by Gasteiger charge is -2.15. The molecular formula is C21H21N3O3. The van der Waals surface area contributed by atoms with Crippen molar-refractivity contribution in [2.24, 2.45) is 0 Å². The summed E-state index contributed by atoms with van der Waals surface area (Å²) in [7, 11) is 0.